The lowest BCUT2D eigenvalue weighted by Crippen LogP contribution is -2.28. The molecule has 0 aromatic heterocycles. The van der Waals surface area contributed by atoms with E-state index in [1.54, 1.807) is 0 Å². The van der Waals surface area contributed by atoms with Crippen molar-refractivity contribution < 1.29 is 14.3 Å². The van der Waals surface area contributed by atoms with E-state index in [4.69, 9.17) is 4.74 Å². The lowest BCUT2D eigenvalue weighted by molar-refractivity contribution is -0.108. The first-order chi connectivity index (χ1) is 17.1. The number of benzene rings is 3. The summed E-state index contributed by atoms with van der Waals surface area (Å²) in [6.45, 7) is 4.25. The quantitative estimate of drug-likeness (QED) is 0.112. The largest absolute Gasteiger partial charge is 0.459 e. The molecule has 35 heavy (non-hydrogen) atoms. The van der Waals surface area contributed by atoms with Gasteiger partial charge in [0.05, 0.1) is 5.56 Å². The first-order valence-corrected chi connectivity index (χ1v) is 14.1. The van der Waals surface area contributed by atoms with E-state index < -0.39 is 7.92 Å². The van der Waals surface area contributed by atoms with E-state index in [-0.39, 0.29) is 18.0 Å². The van der Waals surface area contributed by atoms with Crippen molar-refractivity contribution in [3.05, 3.63) is 90.5 Å². The summed E-state index contributed by atoms with van der Waals surface area (Å²) in [7, 11) is -0.910. The van der Waals surface area contributed by atoms with Gasteiger partial charge in [-0.2, -0.15) is 0 Å². The van der Waals surface area contributed by atoms with Crippen LogP contribution in [0.1, 0.15) is 69.2 Å². The van der Waals surface area contributed by atoms with E-state index in [1.807, 2.05) is 30.3 Å². The zero-order chi connectivity index (χ0) is 24.9. The maximum Gasteiger partial charge on any atom is 0.339 e. The average Bonchev–Trinajstić information content (AvgIpc) is 2.88. The van der Waals surface area contributed by atoms with Gasteiger partial charge in [-0.25, -0.2) is 4.79 Å². The summed E-state index contributed by atoms with van der Waals surface area (Å²) in [5, 5.41) is 3.41. The third kappa shape index (κ3) is 8.15. The number of ether oxygens (including phenoxy) is 1. The number of hydrogen-bond donors (Lipinski definition) is 0. The van der Waals surface area contributed by atoms with Crippen LogP contribution in [0.2, 0.25) is 0 Å². The zero-order valence-electron chi connectivity index (χ0n) is 20.9. The van der Waals surface area contributed by atoms with E-state index in [0.29, 0.717) is 18.4 Å². The second kappa shape index (κ2) is 14.6. The molecule has 0 aliphatic rings. The summed E-state index contributed by atoms with van der Waals surface area (Å²) in [4.78, 5) is 24.6. The van der Waals surface area contributed by atoms with Gasteiger partial charge in [0.2, 0.25) is 0 Å². The van der Waals surface area contributed by atoms with E-state index in [1.165, 1.54) is 23.5 Å². The molecule has 0 saturated heterocycles. The van der Waals surface area contributed by atoms with Crippen LogP contribution in [0.25, 0.3) is 0 Å². The van der Waals surface area contributed by atoms with Gasteiger partial charge in [-0.3, -0.25) is 0 Å². The van der Waals surface area contributed by atoms with Gasteiger partial charge in [0.25, 0.3) is 0 Å². The Morgan fingerprint density at radius 1 is 0.857 bits per heavy atom. The highest BCUT2D eigenvalue weighted by atomic mass is 31.1. The van der Waals surface area contributed by atoms with Gasteiger partial charge < -0.3 is 9.53 Å². The first-order valence-electron chi connectivity index (χ1n) is 12.8. The Morgan fingerprint density at radius 2 is 1.46 bits per heavy atom. The number of hydrogen-bond acceptors (Lipinski definition) is 3. The molecule has 0 spiro atoms. The molecule has 0 unspecified atom stereocenters. The number of carbonyl (C=O) groups excluding carboxylic acids is 2. The minimum atomic E-state index is -0.910. The third-order valence-corrected chi connectivity index (χ3v) is 8.71. The van der Waals surface area contributed by atoms with E-state index in [9.17, 15) is 9.59 Å². The van der Waals surface area contributed by atoms with Crippen molar-refractivity contribution in [1.82, 2.24) is 0 Å². The van der Waals surface area contributed by atoms with Gasteiger partial charge in [-0.1, -0.05) is 112 Å². The summed E-state index contributed by atoms with van der Waals surface area (Å²) in [6, 6.07) is 28.7. The molecule has 0 heterocycles. The minimum absolute atomic E-state index is 0.179. The topological polar surface area (TPSA) is 43.4 Å². The molecule has 3 rings (SSSR count). The molecule has 3 nitrogen and oxygen atoms in total. The van der Waals surface area contributed by atoms with Gasteiger partial charge in [-0.05, 0) is 55.1 Å². The Bertz CT molecular complexity index is 996. The Hall–Kier alpha value is -2.77. The van der Waals surface area contributed by atoms with Crippen molar-refractivity contribution in [2.24, 2.45) is 5.92 Å². The molecule has 3 aromatic carbocycles. The van der Waals surface area contributed by atoms with Gasteiger partial charge in [-0.15, -0.1) is 0 Å². The minimum Gasteiger partial charge on any atom is -0.459 e. The fourth-order valence-corrected chi connectivity index (χ4v) is 6.81. The maximum atomic E-state index is 13.6. The lowest BCUT2D eigenvalue weighted by Gasteiger charge is -2.24. The van der Waals surface area contributed by atoms with Gasteiger partial charge in [0, 0.05) is 6.42 Å². The summed E-state index contributed by atoms with van der Waals surface area (Å²) < 4.78 is 6.15. The van der Waals surface area contributed by atoms with Crippen molar-refractivity contribution >= 4 is 36.1 Å². The predicted molar refractivity (Wildman–Crippen MR) is 148 cm³/mol. The van der Waals surface area contributed by atoms with Gasteiger partial charge in [0.1, 0.15) is 12.4 Å². The second-order valence-electron chi connectivity index (χ2n) is 9.14. The molecule has 4 heteroatoms. The molecule has 0 radical (unpaired) electrons. The molecular formula is C31H37O3P. The summed E-state index contributed by atoms with van der Waals surface area (Å²) in [6.07, 6.45) is 7.35. The first kappa shape index (κ1) is 26.8. The number of esters is 1. The maximum absolute atomic E-state index is 13.6. The van der Waals surface area contributed by atoms with Crippen LogP contribution in [0, 0.1) is 5.92 Å². The third-order valence-electron chi connectivity index (χ3n) is 6.21. The van der Waals surface area contributed by atoms with Crippen molar-refractivity contribution in [3.63, 3.8) is 0 Å². The second-order valence-corrected chi connectivity index (χ2v) is 11.3. The number of rotatable bonds is 14. The highest BCUT2D eigenvalue weighted by Gasteiger charge is 2.25. The van der Waals surface area contributed by atoms with Crippen molar-refractivity contribution in [2.45, 2.75) is 64.9 Å². The summed E-state index contributed by atoms with van der Waals surface area (Å²) >= 11 is 0. The molecule has 0 saturated carbocycles. The van der Waals surface area contributed by atoms with Crippen LogP contribution in [0.3, 0.4) is 0 Å². The number of aldehydes is 1. The Balaban J connectivity index is 1.89. The Morgan fingerprint density at radius 3 is 2.06 bits per heavy atom. The van der Waals surface area contributed by atoms with Gasteiger partial charge in [0.15, 0.2) is 0 Å². The van der Waals surface area contributed by atoms with Crippen LogP contribution in [-0.4, -0.2) is 18.4 Å². The van der Waals surface area contributed by atoms with Crippen molar-refractivity contribution in [1.29, 1.82) is 0 Å². The molecule has 2 atom stereocenters. The van der Waals surface area contributed by atoms with Crippen LogP contribution in [-0.2, 0) is 9.53 Å². The van der Waals surface area contributed by atoms with Crippen LogP contribution in [0.15, 0.2) is 84.9 Å². The predicted octanol–water partition coefficient (Wildman–Crippen LogP) is 6.56. The zero-order valence-corrected chi connectivity index (χ0v) is 21.8. The number of carbonyl (C=O) groups is 2. The molecule has 0 N–H and O–H groups in total. The summed E-state index contributed by atoms with van der Waals surface area (Å²) in [5.41, 5.74) is 0.632. The van der Waals surface area contributed by atoms with Gasteiger partial charge >= 0.3 is 5.97 Å². The van der Waals surface area contributed by atoms with Crippen LogP contribution in [0.5, 0.6) is 0 Å². The molecular weight excluding hydrogens is 451 g/mol. The average molecular weight is 489 g/mol. The molecule has 3 aromatic rings. The Kier molecular flexibility index (Phi) is 11.2. The Labute approximate surface area is 211 Å². The van der Waals surface area contributed by atoms with Crippen molar-refractivity contribution in [2.75, 3.05) is 0 Å². The smallest absolute Gasteiger partial charge is 0.339 e. The number of unbranched alkanes of at least 4 members (excludes halogenated alkanes) is 3. The van der Waals surface area contributed by atoms with E-state index in [2.05, 4.69) is 68.4 Å². The van der Waals surface area contributed by atoms with Crippen LogP contribution >= 0.6 is 7.92 Å². The molecule has 0 bridgehead atoms. The van der Waals surface area contributed by atoms with Crippen LogP contribution in [0.4, 0.5) is 0 Å². The summed E-state index contributed by atoms with van der Waals surface area (Å²) in [5.74, 6) is -0.0729. The van der Waals surface area contributed by atoms with E-state index >= 15 is 0 Å². The fourth-order valence-electron chi connectivity index (χ4n) is 4.37. The SMILES string of the molecule is CCCCCC[C@H](C[C@H](C)CC=O)OC(=O)c1ccccc1P(c1ccccc1)c1ccccc1. The molecule has 0 aliphatic carbocycles. The highest BCUT2D eigenvalue weighted by molar-refractivity contribution is 7.80. The normalized spacial score (nSPS) is 12.8. The molecule has 0 fully saturated rings. The standard InChI is InChI=1S/C31H37O3P/c1-3-4-5-8-15-26(24-25(2)22-23-32)34-31(33)29-20-13-14-21-30(29)35(27-16-9-6-10-17-27)28-18-11-7-12-19-28/h6-7,9-14,16-21,23,25-26H,3-5,8,15,22,24H2,1-2H3/t25-,26-/m1/s1. The van der Waals surface area contributed by atoms with E-state index in [0.717, 1.165) is 30.9 Å². The molecule has 0 aliphatic heterocycles. The highest BCUT2D eigenvalue weighted by Crippen LogP contribution is 2.34. The van der Waals surface area contributed by atoms with Crippen molar-refractivity contribution in [3.8, 4) is 0 Å². The van der Waals surface area contributed by atoms with Crippen LogP contribution < -0.4 is 15.9 Å². The molecule has 184 valence electrons. The monoisotopic (exact) mass is 488 g/mol. The fraction of sp³-hybridized carbons (Fsp3) is 0.355. The molecule has 0 amide bonds. The lowest BCUT2D eigenvalue weighted by atomic mass is 9.97.